The summed E-state index contributed by atoms with van der Waals surface area (Å²) in [5.41, 5.74) is 2.87. The first kappa shape index (κ1) is 17.3. The van der Waals surface area contributed by atoms with E-state index in [1.165, 1.54) is 18.4 Å². The van der Waals surface area contributed by atoms with Crippen molar-refractivity contribution in [3.8, 4) is 0 Å². The molecule has 0 aliphatic heterocycles. The molecule has 0 spiro atoms. The van der Waals surface area contributed by atoms with E-state index in [1.54, 1.807) is 0 Å². The summed E-state index contributed by atoms with van der Waals surface area (Å²) >= 11 is 2.48. The second-order valence-corrected chi connectivity index (χ2v) is 10.6. The van der Waals surface area contributed by atoms with E-state index in [4.69, 9.17) is 5.10 Å². The van der Waals surface area contributed by atoms with Crippen LogP contribution in [0.25, 0.3) is 5.52 Å². The zero-order valence-corrected chi connectivity index (χ0v) is 16.7. The van der Waals surface area contributed by atoms with Crippen LogP contribution in [0, 0.1) is 0 Å². The van der Waals surface area contributed by atoms with Gasteiger partial charge in [0.25, 0.3) is 0 Å². The maximum atomic E-state index is 12.4. The van der Waals surface area contributed by atoms with Crippen molar-refractivity contribution in [2.75, 3.05) is 0 Å². The standard InChI is InChI=1S/C17H24BrN3OS/c1-16(2,3)23(22)20-17(4,5)14-10-13-8-12(11-6-7-11)9-15(18)21(13)19-14/h8-11,20H,6-7H2,1-5H3. The van der Waals surface area contributed by atoms with E-state index in [-0.39, 0.29) is 4.75 Å². The molecule has 6 heteroatoms. The smallest absolute Gasteiger partial charge is 0.136 e. The van der Waals surface area contributed by atoms with E-state index in [1.807, 2.05) is 39.1 Å². The van der Waals surface area contributed by atoms with Crippen molar-refractivity contribution in [3.05, 3.63) is 34.1 Å². The van der Waals surface area contributed by atoms with E-state index in [9.17, 15) is 4.55 Å². The summed E-state index contributed by atoms with van der Waals surface area (Å²) in [4.78, 5) is 0. The number of hydrogen-bond donors (Lipinski definition) is 1. The molecule has 1 N–H and O–H groups in total. The quantitative estimate of drug-likeness (QED) is 0.619. The van der Waals surface area contributed by atoms with Crippen molar-refractivity contribution in [3.63, 3.8) is 0 Å². The van der Waals surface area contributed by atoms with Gasteiger partial charge in [-0.05, 0) is 93.1 Å². The Bertz CT molecular complexity index is 731. The molecule has 1 saturated carbocycles. The molecule has 0 bridgehead atoms. The third kappa shape index (κ3) is 3.60. The first-order valence-electron chi connectivity index (χ1n) is 7.97. The fraction of sp³-hybridized carbons (Fsp3) is 0.588. The van der Waals surface area contributed by atoms with E-state index < -0.39 is 16.9 Å². The molecule has 1 atom stereocenters. The molecule has 3 rings (SSSR count). The SMILES string of the molecule is CC(C)(N[S+]([O-])C(C)(C)C)c1cc2cc(C3CC3)cc(Br)n2n1. The minimum atomic E-state index is -1.15. The molecule has 126 valence electrons. The number of nitrogens with zero attached hydrogens (tertiary/aromatic N) is 2. The average molecular weight is 398 g/mol. The maximum Gasteiger partial charge on any atom is 0.136 e. The van der Waals surface area contributed by atoms with Gasteiger partial charge in [-0.25, -0.2) is 4.52 Å². The summed E-state index contributed by atoms with van der Waals surface area (Å²) < 4.78 is 18.2. The summed E-state index contributed by atoms with van der Waals surface area (Å²) in [5.74, 6) is 0.703. The van der Waals surface area contributed by atoms with Gasteiger partial charge in [0.2, 0.25) is 0 Å². The number of pyridine rings is 1. The molecule has 0 aromatic carbocycles. The van der Waals surface area contributed by atoms with E-state index >= 15 is 0 Å². The largest absolute Gasteiger partial charge is 0.598 e. The molecule has 2 aromatic heterocycles. The molecule has 0 saturated heterocycles. The molecular weight excluding hydrogens is 374 g/mol. The first-order chi connectivity index (χ1) is 10.6. The summed E-state index contributed by atoms with van der Waals surface area (Å²) in [5, 5.41) is 4.71. The van der Waals surface area contributed by atoms with E-state index in [0.29, 0.717) is 5.92 Å². The zero-order chi connectivity index (χ0) is 17.0. The third-order valence-electron chi connectivity index (χ3n) is 4.13. The Morgan fingerprint density at radius 2 is 1.87 bits per heavy atom. The molecule has 0 radical (unpaired) electrons. The molecule has 1 aliphatic carbocycles. The molecule has 1 unspecified atom stereocenters. The Labute approximate surface area is 149 Å². The molecule has 2 aromatic rings. The molecule has 0 amide bonds. The molecule has 4 nitrogen and oxygen atoms in total. The van der Waals surface area contributed by atoms with Crippen LogP contribution in [0.3, 0.4) is 0 Å². The van der Waals surface area contributed by atoms with Gasteiger partial charge in [0.15, 0.2) is 0 Å². The number of rotatable bonds is 4. The molecular formula is C17H24BrN3OS. The third-order valence-corrected chi connectivity index (χ3v) is 6.51. The highest BCUT2D eigenvalue weighted by molar-refractivity contribution is 9.10. The van der Waals surface area contributed by atoms with Gasteiger partial charge < -0.3 is 4.55 Å². The van der Waals surface area contributed by atoms with Crippen molar-refractivity contribution in [2.24, 2.45) is 0 Å². The van der Waals surface area contributed by atoms with Gasteiger partial charge in [0.1, 0.15) is 14.9 Å². The average Bonchev–Trinajstić information content (AvgIpc) is 3.16. The van der Waals surface area contributed by atoms with Gasteiger partial charge in [-0.1, -0.05) is 0 Å². The van der Waals surface area contributed by atoms with E-state index in [2.05, 4.69) is 38.9 Å². The Balaban J connectivity index is 1.94. The summed E-state index contributed by atoms with van der Waals surface area (Å²) in [7, 11) is 0. The van der Waals surface area contributed by atoms with Crippen LogP contribution in [-0.4, -0.2) is 18.9 Å². The topological polar surface area (TPSA) is 52.4 Å². The molecule has 1 fully saturated rings. The predicted octanol–water partition coefficient (Wildman–Crippen LogP) is 4.26. The van der Waals surface area contributed by atoms with Crippen LogP contribution in [-0.2, 0) is 16.9 Å². The number of aromatic nitrogens is 2. The van der Waals surface area contributed by atoms with Crippen LogP contribution < -0.4 is 4.72 Å². The van der Waals surface area contributed by atoms with Crippen molar-refractivity contribution in [1.82, 2.24) is 14.3 Å². The highest BCUT2D eigenvalue weighted by Crippen LogP contribution is 2.41. The van der Waals surface area contributed by atoms with Crippen molar-refractivity contribution in [1.29, 1.82) is 0 Å². The number of fused-ring (bicyclic) bond motifs is 1. The highest BCUT2D eigenvalue weighted by atomic mass is 79.9. The first-order valence-corrected chi connectivity index (χ1v) is 9.91. The van der Waals surface area contributed by atoms with Crippen molar-refractivity contribution in [2.45, 2.75) is 63.7 Å². The van der Waals surface area contributed by atoms with Gasteiger partial charge in [0, 0.05) is 11.4 Å². The lowest BCUT2D eigenvalue weighted by atomic mass is 10.0. The van der Waals surface area contributed by atoms with Gasteiger partial charge >= 0.3 is 0 Å². The number of halogens is 1. The van der Waals surface area contributed by atoms with Gasteiger partial charge in [-0.15, -0.1) is 4.72 Å². The zero-order valence-electron chi connectivity index (χ0n) is 14.3. The lowest BCUT2D eigenvalue weighted by Gasteiger charge is -2.31. The number of nitrogens with one attached hydrogen (secondary N) is 1. The second-order valence-electron chi connectivity index (χ2n) is 7.86. The van der Waals surface area contributed by atoms with Crippen LogP contribution in [0.15, 0.2) is 22.8 Å². The van der Waals surface area contributed by atoms with Crippen molar-refractivity contribution >= 4 is 32.8 Å². The normalized spacial score (nSPS) is 17.7. The lowest BCUT2D eigenvalue weighted by Crippen LogP contribution is -2.48. The fourth-order valence-corrected chi connectivity index (χ4v) is 3.90. The lowest BCUT2D eigenvalue weighted by molar-refractivity contribution is 0.444. The van der Waals surface area contributed by atoms with Crippen molar-refractivity contribution < 1.29 is 4.55 Å². The monoisotopic (exact) mass is 397 g/mol. The van der Waals surface area contributed by atoms with Crippen LogP contribution in [0.1, 0.15) is 64.6 Å². The van der Waals surface area contributed by atoms with Crippen LogP contribution >= 0.6 is 15.9 Å². The summed E-state index contributed by atoms with van der Waals surface area (Å²) in [6, 6.07) is 6.47. The Kier molecular flexibility index (Phi) is 4.32. The van der Waals surface area contributed by atoms with Gasteiger partial charge in [-0.3, -0.25) is 0 Å². The second kappa shape index (κ2) is 5.76. The maximum absolute atomic E-state index is 12.4. The molecule has 1 aliphatic rings. The minimum Gasteiger partial charge on any atom is -0.598 e. The number of hydrogen-bond acceptors (Lipinski definition) is 3. The van der Waals surface area contributed by atoms with Crippen LogP contribution in [0.2, 0.25) is 0 Å². The van der Waals surface area contributed by atoms with E-state index in [0.717, 1.165) is 15.8 Å². The van der Waals surface area contributed by atoms with Gasteiger partial charge in [-0.2, -0.15) is 5.10 Å². The van der Waals surface area contributed by atoms with Crippen LogP contribution in [0.4, 0.5) is 0 Å². The van der Waals surface area contributed by atoms with Gasteiger partial charge in [0.05, 0.1) is 11.2 Å². The highest BCUT2D eigenvalue weighted by Gasteiger charge is 2.35. The minimum absolute atomic E-state index is 0.309. The predicted molar refractivity (Wildman–Crippen MR) is 98.9 cm³/mol. The molecule has 23 heavy (non-hydrogen) atoms. The summed E-state index contributed by atoms with van der Waals surface area (Å²) in [6.07, 6.45) is 2.56. The Morgan fingerprint density at radius 1 is 1.22 bits per heavy atom. The fourth-order valence-electron chi connectivity index (χ4n) is 2.48. The molecule has 2 heterocycles. The summed E-state index contributed by atoms with van der Waals surface area (Å²) in [6.45, 7) is 9.94. The Morgan fingerprint density at radius 3 is 2.43 bits per heavy atom. The Hall–Kier alpha value is -0.560. The van der Waals surface area contributed by atoms with Crippen LogP contribution in [0.5, 0.6) is 0 Å².